The van der Waals surface area contributed by atoms with Crippen LogP contribution in [0.15, 0.2) is 53.6 Å². The van der Waals surface area contributed by atoms with Crippen molar-refractivity contribution in [3.8, 4) is 0 Å². The number of hydrazone groups is 1. The van der Waals surface area contributed by atoms with Gasteiger partial charge in [0.15, 0.2) is 5.92 Å². The maximum Gasteiger partial charge on any atom is 0.335 e. The summed E-state index contributed by atoms with van der Waals surface area (Å²) < 4.78 is 0. The second-order valence-electron chi connectivity index (χ2n) is 6.98. The number of carbonyl (C=O) groups excluding carboxylic acids is 5. The summed E-state index contributed by atoms with van der Waals surface area (Å²) in [6.45, 7) is 3.58. The summed E-state index contributed by atoms with van der Waals surface area (Å²) in [5.41, 5.74) is 4.29. The number of amides is 6. The second-order valence-corrected chi connectivity index (χ2v) is 6.98. The van der Waals surface area contributed by atoms with E-state index in [2.05, 4.69) is 21.2 Å². The van der Waals surface area contributed by atoms with Crippen molar-refractivity contribution in [1.29, 1.82) is 0 Å². The molecule has 0 aliphatic carbocycles. The largest absolute Gasteiger partial charge is 0.335 e. The molecule has 1 heterocycles. The minimum absolute atomic E-state index is 0.152. The van der Waals surface area contributed by atoms with Gasteiger partial charge in [-0.15, -0.1) is 0 Å². The van der Waals surface area contributed by atoms with Crippen LogP contribution < -0.4 is 21.0 Å². The standard InChI is InChI=1S/C22H21N5O5/c1-3-18(28)24-15-8-6-14(7-9-15)19(29)26-23-12-17-20(30)25-22(32)27(21(17)31)16-10-4-13(2)5-11-16/h4-12,17H,3H2,1-2H3,(H,24,28)(H,26,29)(H,25,30,32). The number of hydrogen-bond acceptors (Lipinski definition) is 6. The molecule has 2 aromatic rings. The molecule has 3 rings (SSSR count). The van der Waals surface area contributed by atoms with Crippen LogP contribution in [0.3, 0.4) is 0 Å². The molecule has 1 aliphatic heterocycles. The normalized spacial score (nSPS) is 16.1. The first-order valence-corrected chi connectivity index (χ1v) is 9.79. The van der Waals surface area contributed by atoms with Crippen molar-refractivity contribution in [2.75, 3.05) is 10.2 Å². The van der Waals surface area contributed by atoms with Gasteiger partial charge in [0, 0.05) is 23.9 Å². The number of anilines is 2. The Balaban J connectivity index is 1.67. The summed E-state index contributed by atoms with van der Waals surface area (Å²) in [6, 6.07) is 11.9. The fraction of sp³-hybridized carbons (Fsp3) is 0.182. The van der Waals surface area contributed by atoms with Crippen LogP contribution in [0.5, 0.6) is 0 Å². The van der Waals surface area contributed by atoms with Crippen molar-refractivity contribution >= 4 is 47.2 Å². The Kier molecular flexibility index (Phi) is 6.74. The highest BCUT2D eigenvalue weighted by Crippen LogP contribution is 2.20. The molecule has 1 fully saturated rings. The van der Waals surface area contributed by atoms with Crippen LogP contribution in [0.2, 0.25) is 0 Å². The molecule has 32 heavy (non-hydrogen) atoms. The van der Waals surface area contributed by atoms with Gasteiger partial charge >= 0.3 is 6.03 Å². The first-order chi connectivity index (χ1) is 15.3. The molecule has 0 aromatic heterocycles. The number of nitrogens with zero attached hydrogens (tertiary/aromatic N) is 2. The molecule has 10 heteroatoms. The third kappa shape index (κ3) is 5.04. The zero-order chi connectivity index (χ0) is 23.3. The van der Waals surface area contributed by atoms with Crippen LogP contribution >= 0.6 is 0 Å². The summed E-state index contributed by atoms with van der Waals surface area (Å²) in [6.07, 6.45) is 1.30. The van der Waals surface area contributed by atoms with Crippen LogP contribution in [0.25, 0.3) is 0 Å². The first kappa shape index (κ1) is 22.3. The van der Waals surface area contributed by atoms with Gasteiger partial charge in [-0.2, -0.15) is 5.10 Å². The number of rotatable bonds is 6. The molecular formula is C22H21N5O5. The van der Waals surface area contributed by atoms with Gasteiger partial charge in [0.2, 0.25) is 11.8 Å². The highest BCUT2D eigenvalue weighted by atomic mass is 16.2. The molecule has 6 amide bonds. The van der Waals surface area contributed by atoms with Gasteiger partial charge in [0.05, 0.1) is 5.69 Å². The van der Waals surface area contributed by atoms with Gasteiger partial charge in [-0.25, -0.2) is 15.1 Å². The Morgan fingerprint density at radius 3 is 2.34 bits per heavy atom. The monoisotopic (exact) mass is 435 g/mol. The third-order valence-electron chi connectivity index (χ3n) is 4.64. The number of nitrogens with one attached hydrogen (secondary N) is 3. The number of benzene rings is 2. The Morgan fingerprint density at radius 2 is 1.72 bits per heavy atom. The Labute approximate surface area is 183 Å². The van der Waals surface area contributed by atoms with Gasteiger partial charge in [-0.05, 0) is 43.3 Å². The summed E-state index contributed by atoms with van der Waals surface area (Å²) in [4.78, 5) is 61.5. The van der Waals surface area contributed by atoms with Crippen molar-refractivity contribution in [2.45, 2.75) is 20.3 Å². The van der Waals surface area contributed by atoms with Crippen molar-refractivity contribution in [2.24, 2.45) is 11.0 Å². The minimum Gasteiger partial charge on any atom is -0.326 e. The number of barbiturate groups is 1. The van der Waals surface area contributed by atoms with E-state index in [9.17, 15) is 24.0 Å². The second kappa shape index (κ2) is 9.65. The van der Waals surface area contributed by atoms with Crippen LogP contribution in [0, 0.1) is 12.8 Å². The zero-order valence-electron chi connectivity index (χ0n) is 17.4. The molecular weight excluding hydrogens is 414 g/mol. The predicted octanol–water partition coefficient (Wildman–Crippen LogP) is 1.96. The van der Waals surface area contributed by atoms with Gasteiger partial charge < -0.3 is 5.32 Å². The fourth-order valence-corrected chi connectivity index (χ4v) is 2.85. The van der Waals surface area contributed by atoms with E-state index in [1.54, 1.807) is 43.3 Å². The van der Waals surface area contributed by atoms with E-state index in [1.165, 1.54) is 12.1 Å². The maximum absolute atomic E-state index is 12.7. The molecule has 1 unspecified atom stereocenters. The molecule has 3 N–H and O–H groups in total. The summed E-state index contributed by atoms with van der Waals surface area (Å²) in [5, 5.41) is 8.48. The highest BCUT2D eigenvalue weighted by Gasteiger charge is 2.40. The van der Waals surface area contributed by atoms with E-state index in [1.807, 2.05) is 6.92 Å². The molecule has 1 saturated heterocycles. The Bertz CT molecular complexity index is 1090. The lowest BCUT2D eigenvalue weighted by atomic mass is 10.1. The molecule has 0 bridgehead atoms. The summed E-state index contributed by atoms with van der Waals surface area (Å²) in [7, 11) is 0. The van der Waals surface area contributed by atoms with E-state index in [4.69, 9.17) is 0 Å². The molecule has 0 saturated carbocycles. The Hall–Kier alpha value is -4.34. The van der Waals surface area contributed by atoms with E-state index in [-0.39, 0.29) is 11.5 Å². The lowest BCUT2D eigenvalue weighted by Crippen LogP contribution is -2.58. The topological polar surface area (TPSA) is 137 Å². The van der Waals surface area contributed by atoms with Gasteiger partial charge in [0.25, 0.3) is 11.8 Å². The van der Waals surface area contributed by atoms with Gasteiger partial charge in [-0.1, -0.05) is 24.6 Å². The van der Waals surface area contributed by atoms with Crippen molar-refractivity contribution in [3.63, 3.8) is 0 Å². The highest BCUT2D eigenvalue weighted by molar-refractivity contribution is 6.32. The lowest BCUT2D eigenvalue weighted by Gasteiger charge is -2.28. The number of imide groups is 2. The molecule has 0 radical (unpaired) electrons. The van der Waals surface area contributed by atoms with Crippen LogP contribution in [-0.2, 0) is 14.4 Å². The van der Waals surface area contributed by atoms with Crippen LogP contribution in [-0.4, -0.2) is 35.9 Å². The molecule has 0 spiro atoms. The number of carbonyl (C=O) groups is 5. The van der Waals surface area contributed by atoms with Gasteiger partial charge in [-0.3, -0.25) is 24.5 Å². The van der Waals surface area contributed by atoms with Crippen LogP contribution in [0.1, 0.15) is 29.3 Å². The van der Waals surface area contributed by atoms with E-state index < -0.39 is 29.7 Å². The van der Waals surface area contributed by atoms with E-state index in [0.717, 1.165) is 16.7 Å². The predicted molar refractivity (Wildman–Crippen MR) is 117 cm³/mol. The Morgan fingerprint density at radius 1 is 1.06 bits per heavy atom. The van der Waals surface area contributed by atoms with Crippen molar-refractivity contribution < 1.29 is 24.0 Å². The lowest BCUT2D eigenvalue weighted by molar-refractivity contribution is -0.131. The average Bonchev–Trinajstić information content (AvgIpc) is 2.77. The van der Waals surface area contributed by atoms with Crippen molar-refractivity contribution in [3.05, 3.63) is 59.7 Å². The van der Waals surface area contributed by atoms with E-state index >= 15 is 0 Å². The summed E-state index contributed by atoms with van der Waals surface area (Å²) in [5.74, 6) is -3.74. The minimum atomic E-state index is -1.39. The smallest absolute Gasteiger partial charge is 0.326 e. The molecule has 10 nitrogen and oxygen atoms in total. The number of aryl methyl sites for hydroxylation is 1. The average molecular weight is 435 g/mol. The third-order valence-corrected chi connectivity index (χ3v) is 4.64. The zero-order valence-corrected chi connectivity index (χ0v) is 17.4. The van der Waals surface area contributed by atoms with Crippen molar-refractivity contribution in [1.82, 2.24) is 10.7 Å². The van der Waals surface area contributed by atoms with E-state index in [0.29, 0.717) is 17.8 Å². The molecule has 164 valence electrons. The summed E-state index contributed by atoms with van der Waals surface area (Å²) >= 11 is 0. The number of urea groups is 1. The fourth-order valence-electron chi connectivity index (χ4n) is 2.85. The molecule has 2 aromatic carbocycles. The molecule has 1 aliphatic rings. The first-order valence-electron chi connectivity index (χ1n) is 9.79. The van der Waals surface area contributed by atoms with Crippen LogP contribution in [0.4, 0.5) is 16.2 Å². The SMILES string of the molecule is CCC(=O)Nc1ccc(C(=O)NN=CC2C(=O)NC(=O)N(c3ccc(C)cc3)C2=O)cc1. The quantitative estimate of drug-likeness (QED) is 0.362. The maximum atomic E-state index is 12.7. The number of hydrogen-bond donors (Lipinski definition) is 3. The molecule has 1 atom stereocenters. The van der Waals surface area contributed by atoms with Gasteiger partial charge in [0.1, 0.15) is 0 Å².